The molecule has 8 nitrogen and oxygen atoms in total. The van der Waals surface area contributed by atoms with Gasteiger partial charge in [0, 0.05) is 12.5 Å². The fourth-order valence-corrected chi connectivity index (χ4v) is 3.96. The second kappa shape index (κ2) is 6.64. The van der Waals surface area contributed by atoms with Crippen LogP contribution < -0.4 is 5.56 Å². The Balaban J connectivity index is 1.56. The van der Waals surface area contributed by atoms with Crippen LogP contribution in [-0.4, -0.2) is 37.0 Å². The second-order valence-electron chi connectivity index (χ2n) is 6.70. The molecular formula is C17H19N5O3S. The first kappa shape index (κ1) is 16.9. The third kappa shape index (κ3) is 2.92. The van der Waals surface area contributed by atoms with E-state index in [2.05, 4.69) is 15.1 Å². The Labute approximate surface area is 153 Å². The SMILES string of the molecule is CC(C)c1noc(C2CCCN2C(=O)Cn2cnc3ccsc3c2=O)n1. The van der Waals surface area contributed by atoms with Crippen LogP contribution in [0.3, 0.4) is 0 Å². The molecule has 9 heteroatoms. The molecule has 0 N–H and O–H groups in total. The molecule has 0 spiro atoms. The lowest BCUT2D eigenvalue weighted by atomic mass is 10.2. The van der Waals surface area contributed by atoms with Crippen molar-refractivity contribution >= 4 is 27.5 Å². The van der Waals surface area contributed by atoms with Crippen molar-refractivity contribution in [2.75, 3.05) is 6.54 Å². The van der Waals surface area contributed by atoms with Gasteiger partial charge in [-0.2, -0.15) is 4.98 Å². The minimum Gasteiger partial charge on any atom is -0.337 e. The summed E-state index contributed by atoms with van der Waals surface area (Å²) in [5.74, 6) is 1.14. The first-order valence-electron chi connectivity index (χ1n) is 8.60. The van der Waals surface area contributed by atoms with E-state index in [1.807, 2.05) is 19.2 Å². The molecule has 3 aromatic heterocycles. The fraction of sp³-hybridized carbons (Fsp3) is 0.471. The molecule has 1 aliphatic heterocycles. The Morgan fingerprint density at radius 3 is 3.08 bits per heavy atom. The van der Waals surface area contributed by atoms with E-state index < -0.39 is 0 Å². The Hall–Kier alpha value is -2.55. The third-order valence-electron chi connectivity index (χ3n) is 4.57. The van der Waals surface area contributed by atoms with E-state index in [-0.39, 0.29) is 30.0 Å². The van der Waals surface area contributed by atoms with Crippen molar-refractivity contribution in [2.45, 2.75) is 45.2 Å². The van der Waals surface area contributed by atoms with E-state index in [1.165, 1.54) is 22.2 Å². The number of aromatic nitrogens is 4. The monoisotopic (exact) mass is 373 g/mol. The molecule has 136 valence electrons. The smallest absolute Gasteiger partial charge is 0.271 e. The van der Waals surface area contributed by atoms with Crippen molar-refractivity contribution in [1.82, 2.24) is 24.6 Å². The van der Waals surface area contributed by atoms with Crippen molar-refractivity contribution < 1.29 is 9.32 Å². The van der Waals surface area contributed by atoms with Crippen molar-refractivity contribution in [3.8, 4) is 0 Å². The summed E-state index contributed by atoms with van der Waals surface area (Å²) < 4.78 is 7.31. The van der Waals surface area contributed by atoms with Gasteiger partial charge in [-0.25, -0.2) is 4.98 Å². The molecule has 0 aromatic carbocycles. The molecule has 3 aromatic rings. The number of hydrogen-bond donors (Lipinski definition) is 0. The zero-order chi connectivity index (χ0) is 18.3. The molecule has 0 saturated carbocycles. The van der Waals surface area contributed by atoms with Crippen molar-refractivity contribution in [1.29, 1.82) is 0 Å². The Morgan fingerprint density at radius 2 is 2.31 bits per heavy atom. The van der Waals surface area contributed by atoms with Crippen molar-refractivity contribution in [3.05, 3.63) is 39.8 Å². The van der Waals surface area contributed by atoms with Gasteiger partial charge in [0.2, 0.25) is 11.8 Å². The van der Waals surface area contributed by atoms with Gasteiger partial charge in [0.1, 0.15) is 17.3 Å². The fourth-order valence-electron chi connectivity index (χ4n) is 3.17. The average molecular weight is 373 g/mol. The summed E-state index contributed by atoms with van der Waals surface area (Å²) in [6.07, 6.45) is 3.08. The number of nitrogens with zero attached hydrogens (tertiary/aromatic N) is 5. The van der Waals surface area contributed by atoms with Gasteiger partial charge in [-0.3, -0.25) is 14.2 Å². The van der Waals surface area contributed by atoms with Gasteiger partial charge in [0.15, 0.2) is 5.82 Å². The van der Waals surface area contributed by atoms with E-state index in [0.29, 0.717) is 28.5 Å². The van der Waals surface area contributed by atoms with E-state index in [9.17, 15) is 9.59 Å². The molecule has 26 heavy (non-hydrogen) atoms. The van der Waals surface area contributed by atoms with Crippen LogP contribution in [0.5, 0.6) is 0 Å². The van der Waals surface area contributed by atoms with Crippen LogP contribution in [0.2, 0.25) is 0 Å². The summed E-state index contributed by atoms with van der Waals surface area (Å²) in [5.41, 5.74) is 0.476. The van der Waals surface area contributed by atoms with Crippen LogP contribution in [0, 0.1) is 0 Å². The van der Waals surface area contributed by atoms with Gasteiger partial charge < -0.3 is 9.42 Å². The summed E-state index contributed by atoms with van der Waals surface area (Å²) in [7, 11) is 0. The largest absolute Gasteiger partial charge is 0.337 e. The Morgan fingerprint density at radius 1 is 1.46 bits per heavy atom. The molecule has 4 heterocycles. The topological polar surface area (TPSA) is 94.1 Å². The number of amides is 1. The van der Waals surface area contributed by atoms with E-state index in [0.717, 1.165) is 12.8 Å². The highest BCUT2D eigenvalue weighted by Gasteiger charge is 2.34. The summed E-state index contributed by atoms with van der Waals surface area (Å²) in [6.45, 7) is 4.56. The molecule has 1 saturated heterocycles. The van der Waals surface area contributed by atoms with E-state index in [4.69, 9.17) is 4.52 Å². The average Bonchev–Trinajstić information content (AvgIpc) is 3.36. The highest BCUT2D eigenvalue weighted by atomic mass is 32.1. The standard InChI is InChI=1S/C17H19N5O3S/c1-10(2)15-19-16(25-20-15)12-4-3-6-22(12)13(23)8-21-9-18-11-5-7-26-14(11)17(21)24/h5,7,9-10,12H,3-4,6,8H2,1-2H3. The first-order valence-corrected chi connectivity index (χ1v) is 9.48. The summed E-state index contributed by atoms with van der Waals surface area (Å²) in [6, 6.07) is 1.57. The number of carbonyl (C=O) groups excluding carboxylic acids is 1. The van der Waals surface area contributed by atoms with Gasteiger partial charge in [-0.1, -0.05) is 19.0 Å². The normalized spacial score (nSPS) is 17.5. The third-order valence-corrected chi connectivity index (χ3v) is 5.47. The molecule has 1 fully saturated rings. The summed E-state index contributed by atoms with van der Waals surface area (Å²) in [4.78, 5) is 35.7. The van der Waals surface area contributed by atoms with Crippen LogP contribution in [0.15, 0.2) is 27.1 Å². The number of thiophene rings is 1. The maximum absolute atomic E-state index is 12.8. The number of fused-ring (bicyclic) bond motifs is 1. The predicted octanol–water partition coefficient (Wildman–Crippen LogP) is 2.33. The lowest BCUT2D eigenvalue weighted by Crippen LogP contribution is -2.36. The highest BCUT2D eigenvalue weighted by Crippen LogP contribution is 2.31. The zero-order valence-corrected chi connectivity index (χ0v) is 15.4. The number of rotatable bonds is 4. The van der Waals surface area contributed by atoms with Crippen LogP contribution in [-0.2, 0) is 11.3 Å². The van der Waals surface area contributed by atoms with Crippen molar-refractivity contribution in [2.24, 2.45) is 0 Å². The molecule has 1 unspecified atom stereocenters. The molecule has 4 rings (SSSR count). The Bertz CT molecular complexity index is 1010. The number of hydrogen-bond acceptors (Lipinski definition) is 7. The summed E-state index contributed by atoms with van der Waals surface area (Å²) >= 11 is 1.34. The van der Waals surface area contributed by atoms with Gasteiger partial charge in [-0.05, 0) is 24.3 Å². The maximum Gasteiger partial charge on any atom is 0.271 e. The van der Waals surface area contributed by atoms with Gasteiger partial charge in [0.05, 0.1) is 11.8 Å². The summed E-state index contributed by atoms with van der Waals surface area (Å²) in [5, 5.41) is 5.82. The van der Waals surface area contributed by atoms with E-state index in [1.54, 1.807) is 11.0 Å². The van der Waals surface area contributed by atoms with Gasteiger partial charge in [-0.15, -0.1) is 11.3 Å². The van der Waals surface area contributed by atoms with Crippen LogP contribution >= 0.6 is 11.3 Å². The quantitative estimate of drug-likeness (QED) is 0.697. The lowest BCUT2D eigenvalue weighted by Gasteiger charge is -2.22. The van der Waals surface area contributed by atoms with Gasteiger partial charge in [0.25, 0.3) is 5.56 Å². The maximum atomic E-state index is 12.8. The zero-order valence-electron chi connectivity index (χ0n) is 14.6. The highest BCUT2D eigenvalue weighted by molar-refractivity contribution is 7.17. The van der Waals surface area contributed by atoms with Gasteiger partial charge >= 0.3 is 0 Å². The lowest BCUT2D eigenvalue weighted by molar-refractivity contribution is -0.133. The number of carbonyl (C=O) groups is 1. The first-order chi connectivity index (χ1) is 12.5. The van der Waals surface area contributed by atoms with Crippen LogP contribution in [0.1, 0.15) is 50.4 Å². The molecular weight excluding hydrogens is 354 g/mol. The molecule has 1 aliphatic rings. The van der Waals surface area contributed by atoms with E-state index >= 15 is 0 Å². The number of likely N-dealkylation sites (tertiary alicyclic amines) is 1. The minimum atomic E-state index is -0.225. The van der Waals surface area contributed by atoms with Crippen LogP contribution in [0.25, 0.3) is 10.2 Å². The Kier molecular flexibility index (Phi) is 4.31. The predicted molar refractivity (Wildman–Crippen MR) is 96.0 cm³/mol. The minimum absolute atomic E-state index is 0.0403. The second-order valence-corrected chi connectivity index (χ2v) is 7.62. The molecule has 0 aliphatic carbocycles. The molecule has 0 radical (unpaired) electrons. The molecule has 0 bridgehead atoms. The van der Waals surface area contributed by atoms with Crippen LogP contribution in [0.4, 0.5) is 0 Å². The molecule has 1 amide bonds. The van der Waals surface area contributed by atoms with Crippen molar-refractivity contribution in [3.63, 3.8) is 0 Å². The molecule has 1 atom stereocenters.